The van der Waals surface area contributed by atoms with Crippen LogP contribution >= 0.6 is 11.3 Å². The molecule has 0 aliphatic heterocycles. The Morgan fingerprint density at radius 3 is 2.75 bits per heavy atom. The molecule has 2 amide bonds. The van der Waals surface area contributed by atoms with E-state index in [1.807, 2.05) is 5.38 Å². The van der Waals surface area contributed by atoms with E-state index in [1.165, 1.54) is 24.2 Å². The van der Waals surface area contributed by atoms with Crippen molar-refractivity contribution in [2.45, 2.75) is 44.1 Å². The maximum Gasteiger partial charge on any atom is 0.321 e. The summed E-state index contributed by atoms with van der Waals surface area (Å²) in [5, 5.41) is 16.9. The second-order valence-corrected chi connectivity index (χ2v) is 6.35. The van der Waals surface area contributed by atoms with Gasteiger partial charge in [0.25, 0.3) is 0 Å². The highest BCUT2D eigenvalue weighted by molar-refractivity contribution is 7.13. The first-order valence-electron chi connectivity index (χ1n) is 6.86. The number of carbonyl (C=O) groups excluding carboxylic acids is 1. The molecule has 1 heterocycles. The lowest BCUT2D eigenvalue weighted by Crippen LogP contribution is -2.40. The number of nitrogens with zero attached hydrogens (tertiary/aromatic N) is 1. The number of thiazole rings is 1. The molecule has 0 saturated heterocycles. The van der Waals surface area contributed by atoms with Crippen molar-refractivity contribution in [3.05, 3.63) is 11.1 Å². The highest BCUT2D eigenvalue weighted by Crippen LogP contribution is 2.40. The first-order valence-corrected chi connectivity index (χ1v) is 7.74. The lowest BCUT2D eigenvalue weighted by molar-refractivity contribution is -0.137. The minimum absolute atomic E-state index is 0.0245. The van der Waals surface area contributed by atoms with Gasteiger partial charge in [-0.05, 0) is 31.6 Å². The van der Waals surface area contributed by atoms with Gasteiger partial charge in [-0.25, -0.2) is 9.78 Å². The molecule has 0 radical (unpaired) electrons. The van der Waals surface area contributed by atoms with E-state index in [4.69, 9.17) is 5.11 Å². The van der Waals surface area contributed by atoms with Crippen molar-refractivity contribution in [3.63, 3.8) is 0 Å². The number of hydrogen-bond acceptors (Lipinski definition) is 4. The van der Waals surface area contributed by atoms with Gasteiger partial charge in [-0.2, -0.15) is 0 Å². The van der Waals surface area contributed by atoms with Crippen LogP contribution in [0.15, 0.2) is 5.38 Å². The summed E-state index contributed by atoms with van der Waals surface area (Å²) in [6, 6.07) is -0.643. The monoisotopic (exact) mass is 295 g/mol. The number of carboxylic acid groups (broad SMARTS) is 1. The second-order valence-electron chi connectivity index (χ2n) is 5.49. The van der Waals surface area contributed by atoms with Gasteiger partial charge in [-0.3, -0.25) is 10.1 Å². The Kier molecular flexibility index (Phi) is 3.60. The van der Waals surface area contributed by atoms with E-state index in [0.717, 1.165) is 18.5 Å². The standard InChI is InChI=1S/C13H17N3O3S/c17-11(18)5-9(7-1-2-7)14-12(19)16-13-15-10(6-20-13)8-3-4-8/h6-9H,1-5H2,(H,17,18)(H2,14,15,16,19). The molecule has 20 heavy (non-hydrogen) atoms. The highest BCUT2D eigenvalue weighted by Gasteiger charge is 2.34. The molecule has 6 nitrogen and oxygen atoms in total. The van der Waals surface area contributed by atoms with Crippen LogP contribution in [-0.4, -0.2) is 28.1 Å². The zero-order valence-electron chi connectivity index (χ0n) is 11.0. The summed E-state index contributed by atoms with van der Waals surface area (Å²) < 4.78 is 0. The Morgan fingerprint density at radius 2 is 2.15 bits per heavy atom. The number of urea groups is 1. The van der Waals surface area contributed by atoms with Gasteiger partial charge in [-0.1, -0.05) is 0 Å². The van der Waals surface area contributed by atoms with E-state index in [9.17, 15) is 9.59 Å². The van der Waals surface area contributed by atoms with Gasteiger partial charge in [0, 0.05) is 17.3 Å². The van der Waals surface area contributed by atoms with Gasteiger partial charge in [0.2, 0.25) is 0 Å². The van der Waals surface area contributed by atoms with E-state index in [2.05, 4.69) is 15.6 Å². The normalized spacial score (nSPS) is 19.4. The molecule has 1 aromatic rings. The van der Waals surface area contributed by atoms with E-state index in [-0.39, 0.29) is 18.5 Å². The van der Waals surface area contributed by atoms with E-state index in [0.29, 0.717) is 17.0 Å². The van der Waals surface area contributed by atoms with E-state index < -0.39 is 5.97 Å². The minimum Gasteiger partial charge on any atom is -0.481 e. The topological polar surface area (TPSA) is 91.3 Å². The molecule has 3 rings (SSSR count). The third-order valence-electron chi connectivity index (χ3n) is 3.64. The van der Waals surface area contributed by atoms with Crippen LogP contribution in [0.25, 0.3) is 0 Å². The van der Waals surface area contributed by atoms with Crippen molar-refractivity contribution in [2.75, 3.05) is 5.32 Å². The predicted octanol–water partition coefficient (Wildman–Crippen LogP) is 2.40. The van der Waals surface area contributed by atoms with Gasteiger partial charge in [0.15, 0.2) is 5.13 Å². The SMILES string of the molecule is O=C(O)CC(NC(=O)Nc1nc(C2CC2)cs1)C1CC1. The van der Waals surface area contributed by atoms with Crippen molar-refractivity contribution in [2.24, 2.45) is 5.92 Å². The molecule has 3 N–H and O–H groups in total. The number of rotatable bonds is 6. The molecule has 0 spiro atoms. The van der Waals surface area contributed by atoms with E-state index >= 15 is 0 Å². The van der Waals surface area contributed by atoms with Crippen molar-refractivity contribution < 1.29 is 14.7 Å². The fourth-order valence-electron chi connectivity index (χ4n) is 2.23. The van der Waals surface area contributed by atoms with Gasteiger partial charge < -0.3 is 10.4 Å². The average molecular weight is 295 g/mol. The smallest absolute Gasteiger partial charge is 0.321 e. The van der Waals surface area contributed by atoms with Crippen LogP contribution in [0.5, 0.6) is 0 Å². The molecule has 2 aliphatic carbocycles. The summed E-state index contributed by atoms with van der Waals surface area (Å²) in [5.74, 6) is -0.0151. The molecule has 1 atom stereocenters. The summed E-state index contributed by atoms with van der Waals surface area (Å²) in [4.78, 5) is 27.0. The van der Waals surface area contributed by atoms with Crippen LogP contribution in [0.3, 0.4) is 0 Å². The summed E-state index contributed by atoms with van der Waals surface area (Å²) >= 11 is 1.41. The highest BCUT2D eigenvalue weighted by atomic mass is 32.1. The number of nitrogens with one attached hydrogen (secondary N) is 2. The Hall–Kier alpha value is -1.63. The van der Waals surface area contributed by atoms with E-state index in [1.54, 1.807) is 0 Å². The zero-order chi connectivity index (χ0) is 14.1. The molecule has 2 saturated carbocycles. The first-order chi connectivity index (χ1) is 9.61. The Labute approximate surface area is 120 Å². The molecule has 0 bridgehead atoms. The summed E-state index contributed by atoms with van der Waals surface area (Å²) in [6.45, 7) is 0. The largest absolute Gasteiger partial charge is 0.481 e. The molecule has 108 valence electrons. The number of carboxylic acids is 1. The van der Waals surface area contributed by atoms with Gasteiger partial charge in [-0.15, -0.1) is 11.3 Å². The van der Waals surface area contributed by atoms with Crippen molar-refractivity contribution in [1.29, 1.82) is 0 Å². The number of aromatic nitrogens is 1. The number of anilines is 1. The maximum atomic E-state index is 11.9. The Bertz CT molecular complexity index is 523. The maximum absolute atomic E-state index is 11.9. The molecular weight excluding hydrogens is 278 g/mol. The molecule has 1 aromatic heterocycles. The number of amides is 2. The van der Waals surface area contributed by atoms with Gasteiger partial charge >= 0.3 is 12.0 Å². The fourth-order valence-corrected chi connectivity index (χ4v) is 3.02. The third kappa shape index (κ3) is 3.47. The number of hydrogen-bond donors (Lipinski definition) is 3. The van der Waals surface area contributed by atoms with Crippen LogP contribution in [-0.2, 0) is 4.79 Å². The Morgan fingerprint density at radius 1 is 1.40 bits per heavy atom. The van der Waals surface area contributed by atoms with Crippen LogP contribution in [0.4, 0.5) is 9.93 Å². The van der Waals surface area contributed by atoms with Crippen LogP contribution in [0.2, 0.25) is 0 Å². The lowest BCUT2D eigenvalue weighted by atomic mass is 10.1. The predicted molar refractivity (Wildman–Crippen MR) is 75.0 cm³/mol. The summed E-state index contributed by atoms with van der Waals surface area (Å²) in [7, 11) is 0. The van der Waals surface area contributed by atoms with Crippen molar-refractivity contribution in [1.82, 2.24) is 10.3 Å². The molecule has 2 fully saturated rings. The minimum atomic E-state index is -0.882. The van der Waals surface area contributed by atoms with Crippen LogP contribution in [0, 0.1) is 5.92 Å². The average Bonchev–Trinajstić information content (AvgIpc) is 3.27. The quantitative estimate of drug-likeness (QED) is 0.751. The molecule has 0 aromatic carbocycles. The molecular formula is C13H17N3O3S. The first kappa shape index (κ1) is 13.4. The lowest BCUT2D eigenvalue weighted by Gasteiger charge is -2.15. The Balaban J connectivity index is 1.53. The summed E-state index contributed by atoms with van der Waals surface area (Å²) in [5.41, 5.74) is 1.05. The van der Waals surface area contributed by atoms with Crippen molar-refractivity contribution >= 4 is 28.5 Å². The number of aliphatic carboxylic acids is 1. The number of carbonyl (C=O) groups is 2. The third-order valence-corrected chi connectivity index (χ3v) is 4.42. The van der Waals surface area contributed by atoms with Crippen LogP contribution in [0.1, 0.15) is 43.7 Å². The van der Waals surface area contributed by atoms with Gasteiger partial charge in [0.1, 0.15) is 0 Å². The zero-order valence-corrected chi connectivity index (χ0v) is 11.8. The van der Waals surface area contributed by atoms with Gasteiger partial charge in [0.05, 0.1) is 12.1 Å². The molecule has 7 heteroatoms. The molecule has 1 unspecified atom stereocenters. The molecule has 2 aliphatic rings. The summed E-state index contributed by atoms with van der Waals surface area (Å²) in [6.07, 6.45) is 4.31. The fraction of sp³-hybridized carbons (Fsp3) is 0.615. The second kappa shape index (κ2) is 5.40. The van der Waals surface area contributed by atoms with Crippen molar-refractivity contribution in [3.8, 4) is 0 Å². The van der Waals surface area contributed by atoms with Crippen LogP contribution < -0.4 is 10.6 Å².